The molecule has 1 fully saturated rings. The second kappa shape index (κ2) is 5.78. The summed E-state index contributed by atoms with van der Waals surface area (Å²) in [6, 6.07) is 2.28. The number of ether oxygens (including phenoxy) is 1. The minimum Gasteiger partial charge on any atom is -0.379 e. The van der Waals surface area contributed by atoms with E-state index in [0.29, 0.717) is 6.07 Å². The summed E-state index contributed by atoms with van der Waals surface area (Å²) < 4.78 is 56.8. The molecule has 110 valence electrons. The van der Waals surface area contributed by atoms with Crippen LogP contribution in [0.15, 0.2) is 18.2 Å². The summed E-state index contributed by atoms with van der Waals surface area (Å²) in [5, 5.41) is 0. The van der Waals surface area contributed by atoms with E-state index in [9.17, 15) is 22.4 Å². The molecule has 0 bridgehead atoms. The number of rotatable bonds is 2. The third kappa shape index (κ3) is 3.47. The van der Waals surface area contributed by atoms with E-state index in [-0.39, 0.29) is 44.2 Å². The number of carbonyl (C=O) groups excluding carboxylic acids is 1. The van der Waals surface area contributed by atoms with Gasteiger partial charge >= 0.3 is 6.18 Å². The normalized spacial score (nSPS) is 17.2. The summed E-state index contributed by atoms with van der Waals surface area (Å²) >= 11 is 0. The second-order valence-electron chi connectivity index (χ2n) is 4.48. The lowest BCUT2D eigenvalue weighted by Crippen LogP contribution is -2.32. The van der Waals surface area contributed by atoms with Gasteiger partial charge in [0.1, 0.15) is 5.82 Å². The van der Waals surface area contributed by atoms with Gasteiger partial charge in [-0.3, -0.25) is 4.79 Å². The summed E-state index contributed by atoms with van der Waals surface area (Å²) in [5.41, 5.74) is -1.16. The second-order valence-corrected chi connectivity index (χ2v) is 4.48. The van der Waals surface area contributed by atoms with Gasteiger partial charge in [0.15, 0.2) is 0 Å². The van der Waals surface area contributed by atoms with Gasteiger partial charge in [-0.05, 0) is 23.8 Å². The molecule has 0 atom stereocenters. The highest BCUT2D eigenvalue weighted by atomic mass is 19.4. The van der Waals surface area contributed by atoms with E-state index in [4.69, 9.17) is 4.74 Å². The van der Waals surface area contributed by atoms with Crippen molar-refractivity contribution in [2.75, 3.05) is 19.8 Å². The van der Waals surface area contributed by atoms with E-state index < -0.39 is 17.6 Å². The molecular formula is C13H13F4NO2. The van der Waals surface area contributed by atoms with Crippen molar-refractivity contribution in [3.63, 3.8) is 0 Å². The molecule has 1 aromatic carbocycles. The van der Waals surface area contributed by atoms with Gasteiger partial charge in [0.25, 0.3) is 0 Å². The van der Waals surface area contributed by atoms with Crippen LogP contribution in [-0.2, 0) is 22.3 Å². The van der Waals surface area contributed by atoms with Gasteiger partial charge in [0.2, 0.25) is 5.91 Å². The molecule has 0 unspecified atom stereocenters. The van der Waals surface area contributed by atoms with Gasteiger partial charge < -0.3 is 9.64 Å². The standard InChI is InChI=1S/C13H13F4NO2/c14-10-1-2-11(13(15,16)17)9(7-10)8-18-4-6-20-5-3-12(18)19/h1-2,7H,3-6,8H2. The number of carbonyl (C=O) groups is 1. The van der Waals surface area contributed by atoms with Crippen LogP contribution in [0.3, 0.4) is 0 Å². The third-order valence-corrected chi connectivity index (χ3v) is 3.05. The highest BCUT2D eigenvalue weighted by Crippen LogP contribution is 2.33. The van der Waals surface area contributed by atoms with Crippen molar-refractivity contribution >= 4 is 5.91 Å². The average molecular weight is 291 g/mol. The van der Waals surface area contributed by atoms with Crippen molar-refractivity contribution in [3.05, 3.63) is 35.1 Å². The van der Waals surface area contributed by atoms with Gasteiger partial charge in [-0.25, -0.2) is 4.39 Å². The zero-order valence-corrected chi connectivity index (χ0v) is 10.5. The lowest BCUT2D eigenvalue weighted by atomic mass is 10.1. The zero-order chi connectivity index (χ0) is 14.8. The minimum absolute atomic E-state index is 0.122. The maximum atomic E-state index is 13.2. The van der Waals surface area contributed by atoms with Gasteiger partial charge in [-0.2, -0.15) is 13.2 Å². The number of benzene rings is 1. The number of hydrogen-bond donors (Lipinski definition) is 0. The summed E-state index contributed by atoms with van der Waals surface area (Å²) in [6.07, 6.45) is -4.45. The van der Waals surface area contributed by atoms with Gasteiger partial charge in [0.05, 0.1) is 25.2 Å². The molecule has 0 N–H and O–H groups in total. The number of halogens is 4. The summed E-state index contributed by atoms with van der Waals surface area (Å²) in [5.74, 6) is -1.05. The summed E-state index contributed by atoms with van der Waals surface area (Å²) in [7, 11) is 0. The van der Waals surface area contributed by atoms with Crippen molar-refractivity contribution in [3.8, 4) is 0 Å². The Hall–Kier alpha value is -1.63. The molecule has 1 amide bonds. The fourth-order valence-electron chi connectivity index (χ4n) is 2.06. The minimum atomic E-state index is -4.57. The van der Waals surface area contributed by atoms with Crippen molar-refractivity contribution in [1.29, 1.82) is 0 Å². The first kappa shape index (κ1) is 14.8. The Morgan fingerprint density at radius 3 is 2.70 bits per heavy atom. The van der Waals surface area contributed by atoms with E-state index in [1.807, 2.05) is 0 Å². The molecular weight excluding hydrogens is 278 g/mol. The van der Waals surface area contributed by atoms with Crippen molar-refractivity contribution in [2.45, 2.75) is 19.1 Å². The lowest BCUT2D eigenvalue weighted by molar-refractivity contribution is -0.139. The molecule has 0 aliphatic carbocycles. The van der Waals surface area contributed by atoms with E-state index in [1.54, 1.807) is 0 Å². The Labute approximate surface area is 113 Å². The van der Waals surface area contributed by atoms with E-state index >= 15 is 0 Å². The average Bonchev–Trinajstić information content (AvgIpc) is 2.53. The van der Waals surface area contributed by atoms with E-state index in [1.165, 1.54) is 4.90 Å². The predicted molar refractivity (Wildman–Crippen MR) is 62.3 cm³/mol. The monoisotopic (exact) mass is 291 g/mol. The Balaban J connectivity index is 2.27. The molecule has 3 nitrogen and oxygen atoms in total. The molecule has 7 heteroatoms. The Morgan fingerprint density at radius 1 is 1.25 bits per heavy atom. The molecule has 1 aliphatic heterocycles. The van der Waals surface area contributed by atoms with Crippen LogP contribution in [0.2, 0.25) is 0 Å². The topological polar surface area (TPSA) is 29.5 Å². The first-order valence-corrected chi connectivity index (χ1v) is 6.09. The highest BCUT2D eigenvalue weighted by Gasteiger charge is 2.34. The van der Waals surface area contributed by atoms with Crippen LogP contribution < -0.4 is 0 Å². The fourth-order valence-corrected chi connectivity index (χ4v) is 2.06. The summed E-state index contributed by atoms with van der Waals surface area (Å²) in [4.78, 5) is 13.0. The summed E-state index contributed by atoms with van der Waals surface area (Å²) in [6.45, 7) is 0.453. The maximum absolute atomic E-state index is 13.2. The van der Waals surface area contributed by atoms with E-state index in [2.05, 4.69) is 0 Å². The molecule has 1 heterocycles. The van der Waals surface area contributed by atoms with Crippen LogP contribution in [0.1, 0.15) is 17.5 Å². The first-order chi connectivity index (χ1) is 9.38. The van der Waals surface area contributed by atoms with Gasteiger partial charge in [0, 0.05) is 13.1 Å². The van der Waals surface area contributed by atoms with Crippen molar-refractivity contribution < 1.29 is 27.1 Å². The number of amides is 1. The SMILES string of the molecule is O=C1CCOCCN1Cc1cc(F)ccc1C(F)(F)F. The Kier molecular flexibility index (Phi) is 4.27. The molecule has 0 radical (unpaired) electrons. The van der Waals surface area contributed by atoms with Crippen LogP contribution in [-0.4, -0.2) is 30.6 Å². The fraction of sp³-hybridized carbons (Fsp3) is 0.462. The molecule has 1 aliphatic rings. The number of nitrogens with zero attached hydrogens (tertiary/aromatic N) is 1. The van der Waals surface area contributed by atoms with Crippen molar-refractivity contribution in [1.82, 2.24) is 4.90 Å². The van der Waals surface area contributed by atoms with Crippen molar-refractivity contribution in [2.24, 2.45) is 0 Å². The van der Waals surface area contributed by atoms with E-state index in [0.717, 1.165) is 12.1 Å². The zero-order valence-electron chi connectivity index (χ0n) is 10.5. The molecule has 1 saturated heterocycles. The number of alkyl halides is 3. The Bertz CT molecular complexity index is 502. The van der Waals surface area contributed by atoms with Crippen LogP contribution in [0.4, 0.5) is 17.6 Å². The molecule has 0 aromatic heterocycles. The van der Waals surface area contributed by atoms with Crippen LogP contribution in [0.25, 0.3) is 0 Å². The Morgan fingerprint density at radius 2 is 2.00 bits per heavy atom. The van der Waals surface area contributed by atoms with Crippen LogP contribution in [0, 0.1) is 5.82 Å². The quantitative estimate of drug-likeness (QED) is 0.784. The molecule has 0 saturated carbocycles. The lowest BCUT2D eigenvalue weighted by Gasteiger charge is -2.22. The van der Waals surface area contributed by atoms with Gasteiger partial charge in [-0.1, -0.05) is 0 Å². The first-order valence-electron chi connectivity index (χ1n) is 6.09. The number of hydrogen-bond acceptors (Lipinski definition) is 2. The third-order valence-electron chi connectivity index (χ3n) is 3.05. The molecule has 0 spiro atoms. The van der Waals surface area contributed by atoms with Gasteiger partial charge in [-0.15, -0.1) is 0 Å². The predicted octanol–water partition coefficient (Wildman–Crippen LogP) is 2.59. The maximum Gasteiger partial charge on any atom is 0.416 e. The highest BCUT2D eigenvalue weighted by molar-refractivity contribution is 5.76. The smallest absolute Gasteiger partial charge is 0.379 e. The molecule has 2 rings (SSSR count). The van der Waals surface area contributed by atoms with Crippen LogP contribution in [0.5, 0.6) is 0 Å². The van der Waals surface area contributed by atoms with Crippen LogP contribution >= 0.6 is 0 Å². The molecule has 20 heavy (non-hydrogen) atoms. The largest absolute Gasteiger partial charge is 0.416 e. The molecule has 1 aromatic rings.